The van der Waals surface area contributed by atoms with E-state index in [9.17, 15) is 4.79 Å². The molecule has 0 saturated carbocycles. The summed E-state index contributed by atoms with van der Waals surface area (Å²) in [5.74, 6) is 0.700. The number of nitrogens with zero attached hydrogens (tertiary/aromatic N) is 2. The Kier molecular flexibility index (Phi) is 5.76. The van der Waals surface area contributed by atoms with Gasteiger partial charge in [-0.2, -0.15) is 0 Å². The molecule has 0 unspecified atom stereocenters. The van der Waals surface area contributed by atoms with Gasteiger partial charge in [0.05, 0.1) is 24.4 Å². The maximum absolute atomic E-state index is 12.9. The molecule has 0 bridgehead atoms. The van der Waals surface area contributed by atoms with Crippen molar-refractivity contribution in [3.05, 3.63) is 83.2 Å². The van der Waals surface area contributed by atoms with Crippen LogP contribution in [0.5, 0.6) is 5.75 Å². The van der Waals surface area contributed by atoms with E-state index in [0.717, 1.165) is 39.6 Å². The molecule has 158 valence electrons. The molecule has 0 aliphatic carbocycles. The maximum atomic E-state index is 12.9. The van der Waals surface area contributed by atoms with Gasteiger partial charge in [-0.05, 0) is 86.8 Å². The number of pyridine rings is 1. The summed E-state index contributed by atoms with van der Waals surface area (Å²) in [4.78, 5) is 17.8. The Balaban J connectivity index is 1.66. The molecule has 5 nitrogen and oxygen atoms in total. The molecule has 4 rings (SSSR count). The average molecular weight is 414 g/mol. The molecule has 0 radical (unpaired) electrons. The number of amides is 1. The van der Waals surface area contributed by atoms with Gasteiger partial charge in [-0.25, -0.2) is 4.98 Å². The van der Waals surface area contributed by atoms with E-state index in [2.05, 4.69) is 37.4 Å². The Morgan fingerprint density at radius 1 is 1.00 bits per heavy atom. The van der Waals surface area contributed by atoms with Crippen LogP contribution >= 0.6 is 0 Å². The Hall–Kier alpha value is -3.60. The van der Waals surface area contributed by atoms with Crippen LogP contribution in [-0.4, -0.2) is 21.9 Å². The van der Waals surface area contributed by atoms with Crippen LogP contribution in [0.1, 0.15) is 29.3 Å². The summed E-state index contributed by atoms with van der Waals surface area (Å²) in [6.45, 7) is 8.79. The first-order valence-corrected chi connectivity index (χ1v) is 10.5. The normalized spacial score (nSPS) is 11.0. The third-order valence-corrected chi connectivity index (χ3v) is 5.44. The molecule has 2 aromatic heterocycles. The highest BCUT2D eigenvalue weighted by atomic mass is 16.5. The highest BCUT2D eigenvalue weighted by Gasteiger charge is 2.18. The molecule has 31 heavy (non-hydrogen) atoms. The number of imidazole rings is 1. The third-order valence-electron chi connectivity index (χ3n) is 5.44. The highest BCUT2D eigenvalue weighted by molar-refractivity contribution is 5.93. The topological polar surface area (TPSA) is 55.6 Å². The molecule has 2 heterocycles. The first-order valence-electron chi connectivity index (χ1n) is 10.5. The Morgan fingerprint density at radius 2 is 1.77 bits per heavy atom. The molecule has 4 aromatic rings. The Labute approximate surface area is 182 Å². The van der Waals surface area contributed by atoms with Gasteiger partial charge in [0.1, 0.15) is 11.4 Å². The molecule has 0 atom stereocenters. The number of anilines is 1. The Morgan fingerprint density at radius 3 is 2.48 bits per heavy atom. The number of hydrogen-bond acceptors (Lipinski definition) is 3. The number of carbonyl (C=O) groups is 1. The van der Waals surface area contributed by atoms with Gasteiger partial charge >= 0.3 is 0 Å². The van der Waals surface area contributed by atoms with Crippen molar-refractivity contribution >= 4 is 17.2 Å². The zero-order valence-corrected chi connectivity index (χ0v) is 18.4. The third kappa shape index (κ3) is 4.45. The first-order chi connectivity index (χ1) is 14.9. The lowest BCUT2D eigenvalue weighted by Gasteiger charge is -2.09. The molecule has 1 amide bonds. The van der Waals surface area contributed by atoms with E-state index >= 15 is 0 Å². The van der Waals surface area contributed by atoms with E-state index in [1.54, 1.807) is 0 Å². The number of ether oxygens (including phenoxy) is 1. The van der Waals surface area contributed by atoms with Crippen LogP contribution in [0.2, 0.25) is 0 Å². The van der Waals surface area contributed by atoms with Crippen LogP contribution in [0, 0.1) is 20.8 Å². The molecule has 0 aliphatic rings. The van der Waals surface area contributed by atoms with Gasteiger partial charge in [-0.15, -0.1) is 0 Å². The fourth-order valence-electron chi connectivity index (χ4n) is 3.64. The van der Waals surface area contributed by atoms with Gasteiger partial charge in [0.25, 0.3) is 0 Å². The van der Waals surface area contributed by atoms with Gasteiger partial charge in [-0.3, -0.25) is 4.79 Å². The molecular weight excluding hydrogens is 386 g/mol. The summed E-state index contributed by atoms with van der Waals surface area (Å²) in [7, 11) is 0. The van der Waals surface area contributed by atoms with Gasteiger partial charge in [0.2, 0.25) is 5.91 Å². The summed E-state index contributed by atoms with van der Waals surface area (Å²) in [5.41, 5.74) is 7.90. The smallest absolute Gasteiger partial charge is 0.230 e. The van der Waals surface area contributed by atoms with Gasteiger partial charge in [-0.1, -0.05) is 12.1 Å². The van der Waals surface area contributed by atoms with Crippen molar-refractivity contribution in [1.29, 1.82) is 0 Å². The number of nitrogens with one attached hydrogen (secondary N) is 1. The van der Waals surface area contributed by atoms with Crippen molar-refractivity contribution in [1.82, 2.24) is 9.38 Å². The fraction of sp³-hybridized carbons (Fsp3) is 0.231. The van der Waals surface area contributed by atoms with E-state index in [0.29, 0.717) is 6.61 Å². The number of fused-ring (bicyclic) bond motifs is 1. The van der Waals surface area contributed by atoms with Crippen molar-refractivity contribution in [2.24, 2.45) is 0 Å². The highest BCUT2D eigenvalue weighted by Crippen LogP contribution is 2.27. The summed E-state index contributed by atoms with van der Waals surface area (Å²) < 4.78 is 7.48. The number of rotatable bonds is 6. The van der Waals surface area contributed by atoms with E-state index in [1.807, 2.05) is 60.8 Å². The maximum Gasteiger partial charge on any atom is 0.230 e. The molecule has 0 saturated heterocycles. The number of benzene rings is 2. The lowest BCUT2D eigenvalue weighted by molar-refractivity contribution is -0.115. The first kappa shape index (κ1) is 20.7. The minimum atomic E-state index is -0.0865. The van der Waals surface area contributed by atoms with Crippen LogP contribution in [0.15, 0.2) is 60.8 Å². The Bertz CT molecular complexity index is 1240. The van der Waals surface area contributed by atoms with Gasteiger partial charge in [0.15, 0.2) is 0 Å². The van der Waals surface area contributed by atoms with Gasteiger partial charge in [0, 0.05) is 17.4 Å². The van der Waals surface area contributed by atoms with E-state index in [-0.39, 0.29) is 12.3 Å². The van der Waals surface area contributed by atoms with Crippen LogP contribution in [-0.2, 0) is 11.2 Å². The van der Waals surface area contributed by atoms with E-state index in [4.69, 9.17) is 9.72 Å². The van der Waals surface area contributed by atoms with E-state index in [1.165, 1.54) is 11.1 Å². The van der Waals surface area contributed by atoms with Crippen LogP contribution in [0.3, 0.4) is 0 Å². The second-order valence-corrected chi connectivity index (χ2v) is 7.82. The molecule has 1 N–H and O–H groups in total. The fourth-order valence-corrected chi connectivity index (χ4v) is 3.64. The lowest BCUT2D eigenvalue weighted by atomic mass is 10.0. The molecule has 5 heteroatoms. The summed E-state index contributed by atoms with van der Waals surface area (Å²) in [6, 6.07) is 17.8. The molecule has 0 aliphatic heterocycles. The van der Waals surface area contributed by atoms with Crippen molar-refractivity contribution in [2.75, 3.05) is 11.9 Å². The average Bonchev–Trinajstić information content (AvgIpc) is 3.09. The predicted octanol–water partition coefficient (Wildman–Crippen LogP) is 5.51. The van der Waals surface area contributed by atoms with Crippen LogP contribution < -0.4 is 10.1 Å². The van der Waals surface area contributed by atoms with Crippen LogP contribution in [0.25, 0.3) is 16.9 Å². The van der Waals surface area contributed by atoms with Crippen LogP contribution in [0.4, 0.5) is 5.69 Å². The zero-order valence-electron chi connectivity index (χ0n) is 18.4. The zero-order chi connectivity index (χ0) is 22.0. The standard InChI is InChI=1S/C26H27N3O2/c1-5-31-22-10-8-21(9-11-22)27-25(30)16-23-26(20-7-6-18(3)19(4)15-20)28-24-14-17(2)12-13-29(23)24/h6-15H,5,16H2,1-4H3,(H,27,30). The SMILES string of the molecule is CCOc1ccc(NC(=O)Cc2c(-c3ccc(C)c(C)c3)nc3cc(C)ccn23)cc1. The summed E-state index contributed by atoms with van der Waals surface area (Å²) in [5, 5.41) is 2.99. The van der Waals surface area contributed by atoms with E-state index < -0.39 is 0 Å². The van der Waals surface area contributed by atoms with Crippen molar-refractivity contribution < 1.29 is 9.53 Å². The summed E-state index contributed by atoms with van der Waals surface area (Å²) in [6.07, 6.45) is 2.21. The number of hydrogen-bond donors (Lipinski definition) is 1. The summed E-state index contributed by atoms with van der Waals surface area (Å²) >= 11 is 0. The molecule has 0 spiro atoms. The molecule has 2 aromatic carbocycles. The van der Waals surface area contributed by atoms with Crippen molar-refractivity contribution in [2.45, 2.75) is 34.1 Å². The van der Waals surface area contributed by atoms with Crippen molar-refractivity contribution in [3.63, 3.8) is 0 Å². The van der Waals surface area contributed by atoms with Gasteiger partial charge < -0.3 is 14.5 Å². The monoisotopic (exact) mass is 413 g/mol. The molecule has 0 fully saturated rings. The number of aromatic nitrogens is 2. The molecular formula is C26H27N3O2. The second kappa shape index (κ2) is 8.64. The largest absolute Gasteiger partial charge is 0.494 e. The predicted molar refractivity (Wildman–Crippen MR) is 125 cm³/mol. The minimum absolute atomic E-state index is 0.0865. The van der Waals surface area contributed by atoms with Crippen molar-refractivity contribution in [3.8, 4) is 17.0 Å². The quantitative estimate of drug-likeness (QED) is 0.454. The second-order valence-electron chi connectivity index (χ2n) is 7.82. The minimum Gasteiger partial charge on any atom is -0.494 e. The number of carbonyl (C=O) groups excluding carboxylic acids is 1. The lowest BCUT2D eigenvalue weighted by Crippen LogP contribution is -2.16. The number of aryl methyl sites for hydroxylation is 3.